The van der Waals surface area contributed by atoms with Crippen LogP contribution >= 0.6 is 12.4 Å². The first-order chi connectivity index (χ1) is 13.4. The predicted molar refractivity (Wildman–Crippen MR) is 117 cm³/mol. The van der Waals surface area contributed by atoms with E-state index in [9.17, 15) is 9.59 Å². The number of rotatable bonds is 6. The van der Waals surface area contributed by atoms with Gasteiger partial charge in [0.1, 0.15) is 0 Å². The Balaban J connectivity index is 0.00000300. The summed E-state index contributed by atoms with van der Waals surface area (Å²) in [6.07, 6.45) is 4.87. The SMILES string of the molecule is Cc1ccc(NC(=O)C2(CNC(=O)C3(CN)CCOCC3)CCCC2)cc1C.Cl. The van der Waals surface area contributed by atoms with Crippen molar-refractivity contribution in [2.24, 2.45) is 16.6 Å². The number of nitrogens with two attached hydrogens (primary N) is 1. The summed E-state index contributed by atoms with van der Waals surface area (Å²) < 4.78 is 5.40. The van der Waals surface area contributed by atoms with Crippen molar-refractivity contribution >= 4 is 29.9 Å². The summed E-state index contributed by atoms with van der Waals surface area (Å²) in [6, 6.07) is 5.96. The van der Waals surface area contributed by atoms with E-state index < -0.39 is 10.8 Å². The molecular formula is C22H34ClN3O3. The van der Waals surface area contributed by atoms with Crippen molar-refractivity contribution in [2.45, 2.75) is 52.4 Å². The molecule has 7 heteroatoms. The number of anilines is 1. The summed E-state index contributed by atoms with van der Waals surface area (Å²) in [6.45, 7) is 5.89. The molecule has 0 spiro atoms. The van der Waals surface area contributed by atoms with Crippen molar-refractivity contribution < 1.29 is 14.3 Å². The third-order valence-electron chi connectivity index (χ3n) is 6.72. The molecule has 6 nitrogen and oxygen atoms in total. The number of benzene rings is 1. The number of carbonyl (C=O) groups is 2. The highest BCUT2D eigenvalue weighted by atomic mass is 35.5. The lowest BCUT2D eigenvalue weighted by molar-refractivity contribution is -0.137. The molecule has 2 fully saturated rings. The van der Waals surface area contributed by atoms with Crippen LogP contribution in [0.25, 0.3) is 0 Å². The average molecular weight is 424 g/mol. The van der Waals surface area contributed by atoms with E-state index in [0.717, 1.165) is 36.9 Å². The Hall–Kier alpha value is -1.63. The standard InChI is InChI=1S/C22H33N3O3.ClH/c1-16-5-6-18(13-17(16)2)25-20(27)22(7-3-4-8-22)15-24-19(26)21(14-23)9-11-28-12-10-21;/h5-6,13H,3-4,7-12,14-15,23H2,1-2H3,(H,24,26)(H,25,27);1H. The molecule has 4 N–H and O–H groups in total. The summed E-state index contributed by atoms with van der Waals surface area (Å²) in [5, 5.41) is 6.16. The van der Waals surface area contributed by atoms with Crippen LogP contribution in [0.1, 0.15) is 49.7 Å². The van der Waals surface area contributed by atoms with E-state index in [0.29, 0.717) is 39.1 Å². The van der Waals surface area contributed by atoms with Crippen LogP contribution in [0.3, 0.4) is 0 Å². The van der Waals surface area contributed by atoms with Gasteiger partial charge in [0, 0.05) is 32.0 Å². The number of hydrogen-bond acceptors (Lipinski definition) is 4. The maximum atomic E-state index is 13.2. The number of carbonyl (C=O) groups excluding carboxylic acids is 2. The molecule has 29 heavy (non-hydrogen) atoms. The van der Waals surface area contributed by atoms with Crippen LogP contribution in [-0.2, 0) is 14.3 Å². The second-order valence-electron chi connectivity index (χ2n) is 8.52. The van der Waals surface area contributed by atoms with E-state index in [1.807, 2.05) is 25.1 Å². The molecule has 1 aromatic carbocycles. The van der Waals surface area contributed by atoms with Crippen LogP contribution in [0.15, 0.2) is 18.2 Å². The largest absolute Gasteiger partial charge is 0.381 e. The minimum Gasteiger partial charge on any atom is -0.381 e. The topological polar surface area (TPSA) is 93.5 Å². The molecule has 0 aromatic heterocycles. The molecule has 1 aliphatic carbocycles. The maximum absolute atomic E-state index is 13.2. The fourth-order valence-corrected chi connectivity index (χ4v) is 4.34. The first kappa shape index (κ1) is 23.6. The molecule has 1 aliphatic heterocycles. The fourth-order valence-electron chi connectivity index (χ4n) is 4.34. The molecule has 1 heterocycles. The lowest BCUT2D eigenvalue weighted by Crippen LogP contribution is -2.52. The van der Waals surface area contributed by atoms with Gasteiger partial charge in [-0.15, -0.1) is 12.4 Å². The van der Waals surface area contributed by atoms with Crippen molar-refractivity contribution in [3.05, 3.63) is 29.3 Å². The van der Waals surface area contributed by atoms with Crippen LogP contribution in [0.4, 0.5) is 5.69 Å². The molecule has 1 saturated heterocycles. The highest BCUT2D eigenvalue weighted by Gasteiger charge is 2.44. The van der Waals surface area contributed by atoms with Crippen molar-refractivity contribution in [2.75, 3.05) is 31.6 Å². The van der Waals surface area contributed by atoms with Gasteiger partial charge >= 0.3 is 0 Å². The molecule has 0 atom stereocenters. The van der Waals surface area contributed by atoms with Gasteiger partial charge in [-0.05, 0) is 62.8 Å². The van der Waals surface area contributed by atoms with E-state index in [2.05, 4.69) is 17.6 Å². The second-order valence-corrected chi connectivity index (χ2v) is 8.52. The molecule has 3 rings (SSSR count). The van der Waals surface area contributed by atoms with Gasteiger partial charge < -0.3 is 21.1 Å². The lowest BCUT2D eigenvalue weighted by Gasteiger charge is -2.36. The van der Waals surface area contributed by atoms with Gasteiger partial charge in [-0.25, -0.2) is 0 Å². The van der Waals surface area contributed by atoms with Gasteiger partial charge in [0.25, 0.3) is 0 Å². The first-order valence-electron chi connectivity index (χ1n) is 10.4. The van der Waals surface area contributed by atoms with Crippen molar-refractivity contribution in [3.63, 3.8) is 0 Å². The quantitative estimate of drug-likeness (QED) is 0.655. The molecule has 0 bridgehead atoms. The monoisotopic (exact) mass is 423 g/mol. The number of ether oxygens (including phenoxy) is 1. The molecule has 0 unspecified atom stereocenters. The number of aryl methyl sites for hydroxylation is 2. The highest BCUT2D eigenvalue weighted by molar-refractivity contribution is 5.96. The summed E-state index contributed by atoms with van der Waals surface area (Å²) in [4.78, 5) is 26.1. The van der Waals surface area contributed by atoms with Crippen molar-refractivity contribution in [1.29, 1.82) is 0 Å². The molecule has 0 radical (unpaired) electrons. The summed E-state index contributed by atoms with van der Waals surface area (Å²) >= 11 is 0. The molecule has 2 amide bonds. The van der Waals surface area contributed by atoms with E-state index in [1.54, 1.807) is 0 Å². The summed E-state index contributed by atoms with van der Waals surface area (Å²) in [7, 11) is 0. The van der Waals surface area contributed by atoms with Gasteiger partial charge in [0.05, 0.1) is 10.8 Å². The number of nitrogens with one attached hydrogen (secondary N) is 2. The molecule has 1 saturated carbocycles. The molecule has 2 aliphatic rings. The van der Waals surface area contributed by atoms with Gasteiger partial charge in [0.15, 0.2) is 0 Å². The number of halogens is 1. The van der Waals surface area contributed by atoms with Crippen LogP contribution in [0.5, 0.6) is 0 Å². The number of amides is 2. The third-order valence-corrected chi connectivity index (χ3v) is 6.72. The second kappa shape index (κ2) is 9.92. The van der Waals surface area contributed by atoms with Crippen LogP contribution < -0.4 is 16.4 Å². The molecule has 162 valence electrons. The Bertz CT molecular complexity index is 726. The Kier molecular flexibility index (Phi) is 8.09. The zero-order chi connectivity index (χ0) is 20.2. The zero-order valence-electron chi connectivity index (χ0n) is 17.5. The summed E-state index contributed by atoms with van der Waals surface area (Å²) in [5.41, 5.74) is 8.00. The van der Waals surface area contributed by atoms with E-state index in [4.69, 9.17) is 10.5 Å². The lowest BCUT2D eigenvalue weighted by atomic mass is 9.78. The predicted octanol–water partition coefficient (Wildman–Crippen LogP) is 3.10. The fraction of sp³-hybridized carbons (Fsp3) is 0.636. The average Bonchev–Trinajstić information content (AvgIpc) is 3.20. The molecule has 1 aromatic rings. The molecular weight excluding hydrogens is 390 g/mol. The maximum Gasteiger partial charge on any atom is 0.232 e. The highest BCUT2D eigenvalue weighted by Crippen LogP contribution is 2.39. The summed E-state index contributed by atoms with van der Waals surface area (Å²) in [5.74, 6) is -0.0362. The van der Waals surface area contributed by atoms with Gasteiger partial charge in [-0.1, -0.05) is 18.9 Å². The third kappa shape index (κ3) is 5.11. The minimum atomic E-state index is -0.567. The van der Waals surface area contributed by atoms with E-state index in [1.165, 1.54) is 5.56 Å². The van der Waals surface area contributed by atoms with E-state index in [-0.39, 0.29) is 24.2 Å². The van der Waals surface area contributed by atoms with E-state index >= 15 is 0 Å². The van der Waals surface area contributed by atoms with Crippen LogP contribution in [-0.4, -0.2) is 38.1 Å². The Morgan fingerprint density at radius 3 is 2.24 bits per heavy atom. The Morgan fingerprint density at radius 2 is 1.66 bits per heavy atom. The Morgan fingerprint density at radius 1 is 1.00 bits per heavy atom. The van der Waals surface area contributed by atoms with Crippen LogP contribution in [0, 0.1) is 24.7 Å². The van der Waals surface area contributed by atoms with Gasteiger partial charge in [-0.3, -0.25) is 9.59 Å². The normalized spacial score (nSPS) is 19.8. The van der Waals surface area contributed by atoms with Crippen molar-refractivity contribution in [3.8, 4) is 0 Å². The van der Waals surface area contributed by atoms with Crippen molar-refractivity contribution in [1.82, 2.24) is 5.32 Å². The first-order valence-corrected chi connectivity index (χ1v) is 10.4. The van der Waals surface area contributed by atoms with Gasteiger partial charge in [-0.2, -0.15) is 0 Å². The number of hydrogen-bond donors (Lipinski definition) is 3. The Labute approximate surface area is 179 Å². The zero-order valence-corrected chi connectivity index (χ0v) is 18.3. The minimum absolute atomic E-state index is 0. The van der Waals surface area contributed by atoms with Crippen LogP contribution in [0.2, 0.25) is 0 Å². The smallest absolute Gasteiger partial charge is 0.232 e. The van der Waals surface area contributed by atoms with Gasteiger partial charge in [0.2, 0.25) is 11.8 Å².